The summed E-state index contributed by atoms with van der Waals surface area (Å²) in [6, 6.07) is 6.54. The second-order valence-corrected chi connectivity index (χ2v) is 13.1. The molecule has 0 aliphatic heterocycles. The molecule has 1 aromatic heterocycles. The number of anilines is 1. The van der Waals surface area contributed by atoms with Gasteiger partial charge in [0.25, 0.3) is 11.8 Å². The Morgan fingerprint density at radius 2 is 1.44 bits per heavy atom. The van der Waals surface area contributed by atoms with E-state index in [0.717, 1.165) is 18.2 Å². The fraction of sp³-hybridized carbons (Fsp3) is 0.412. The highest BCUT2D eigenvalue weighted by Gasteiger charge is 2.34. The number of aliphatic hydroxyl groups is 1. The van der Waals surface area contributed by atoms with E-state index in [4.69, 9.17) is 5.73 Å². The number of nitrogens with zero attached hydrogens (tertiary/aromatic N) is 3. The maximum atomic E-state index is 13.8. The van der Waals surface area contributed by atoms with Gasteiger partial charge in [0.1, 0.15) is 18.1 Å². The van der Waals surface area contributed by atoms with Gasteiger partial charge >= 0.3 is 11.9 Å². The first-order valence-corrected chi connectivity index (χ1v) is 16.8. The van der Waals surface area contributed by atoms with Gasteiger partial charge in [-0.3, -0.25) is 24.0 Å². The molecule has 3 aromatic rings. The molecule has 20 nitrogen and oxygen atoms in total. The van der Waals surface area contributed by atoms with Crippen LogP contribution >= 0.6 is 0 Å². The predicted octanol–water partition coefficient (Wildman–Crippen LogP) is -0.948. The zero-order valence-corrected chi connectivity index (χ0v) is 29.9. The van der Waals surface area contributed by atoms with E-state index < -0.39 is 88.8 Å². The van der Waals surface area contributed by atoms with Crippen LogP contribution in [0.4, 0.5) is 5.69 Å². The number of nitrogens with one attached hydrogen (secondary N) is 6. The zero-order chi connectivity index (χ0) is 40.1. The second kappa shape index (κ2) is 19.5. The Balaban J connectivity index is 1.78. The average molecular weight is 753 g/mol. The summed E-state index contributed by atoms with van der Waals surface area (Å²) in [5.41, 5.74) is 5.50. The number of tetrazole rings is 1. The van der Waals surface area contributed by atoms with Gasteiger partial charge in [0, 0.05) is 12.2 Å². The van der Waals surface area contributed by atoms with Crippen molar-refractivity contribution in [2.45, 2.75) is 70.8 Å². The number of carbonyl (C=O) groups is 7. The molecule has 3 rings (SSSR count). The van der Waals surface area contributed by atoms with Crippen LogP contribution in [0.3, 0.4) is 0 Å². The van der Waals surface area contributed by atoms with Crippen LogP contribution in [-0.2, 0) is 25.6 Å². The van der Waals surface area contributed by atoms with Crippen molar-refractivity contribution in [1.29, 1.82) is 0 Å². The summed E-state index contributed by atoms with van der Waals surface area (Å²) in [6.07, 6.45) is -1.90. The highest BCUT2D eigenvalue weighted by molar-refractivity contribution is 6.00. The van der Waals surface area contributed by atoms with Gasteiger partial charge in [-0.15, -0.1) is 5.10 Å². The smallest absolute Gasteiger partial charge is 0.335 e. The maximum Gasteiger partial charge on any atom is 0.335 e. The summed E-state index contributed by atoms with van der Waals surface area (Å²) in [6.45, 7) is 6.60. The topological polar surface area (TPSA) is 321 Å². The Kier molecular flexibility index (Phi) is 15.2. The van der Waals surface area contributed by atoms with Crippen LogP contribution in [0.5, 0.6) is 0 Å². The third-order valence-corrected chi connectivity index (χ3v) is 7.94. The number of hydrogen-bond donors (Lipinski definition) is 10. The average Bonchev–Trinajstić information content (AvgIpc) is 3.67. The molecule has 0 bridgehead atoms. The van der Waals surface area contributed by atoms with Crippen molar-refractivity contribution in [1.82, 2.24) is 41.9 Å². The van der Waals surface area contributed by atoms with E-state index >= 15 is 0 Å². The largest absolute Gasteiger partial charge is 0.478 e. The summed E-state index contributed by atoms with van der Waals surface area (Å²) < 4.78 is 0. The van der Waals surface area contributed by atoms with Gasteiger partial charge < -0.3 is 47.6 Å². The van der Waals surface area contributed by atoms with Crippen LogP contribution in [0, 0.1) is 11.8 Å². The number of aromatic amines is 1. The molecule has 0 aliphatic carbocycles. The van der Waals surface area contributed by atoms with Gasteiger partial charge in [-0.1, -0.05) is 58.0 Å². The molecule has 54 heavy (non-hydrogen) atoms. The van der Waals surface area contributed by atoms with Crippen LogP contribution in [0.2, 0.25) is 0 Å². The number of carbonyl (C=O) groups excluding carboxylic acids is 5. The van der Waals surface area contributed by atoms with Crippen LogP contribution in [0.1, 0.15) is 71.0 Å². The molecule has 5 amide bonds. The number of aliphatic hydroxyl groups excluding tert-OH is 1. The van der Waals surface area contributed by atoms with E-state index in [-0.39, 0.29) is 36.8 Å². The van der Waals surface area contributed by atoms with Crippen molar-refractivity contribution in [2.75, 3.05) is 11.9 Å². The molecule has 11 N–H and O–H groups in total. The molecule has 0 spiro atoms. The van der Waals surface area contributed by atoms with Gasteiger partial charge in [0.2, 0.25) is 23.5 Å². The molecule has 0 fully saturated rings. The van der Waals surface area contributed by atoms with E-state index in [9.17, 15) is 48.9 Å². The molecule has 290 valence electrons. The Morgan fingerprint density at radius 3 is 1.98 bits per heavy atom. The molecule has 0 unspecified atom stereocenters. The van der Waals surface area contributed by atoms with Crippen molar-refractivity contribution in [3.63, 3.8) is 0 Å². The molecule has 0 saturated carbocycles. The van der Waals surface area contributed by atoms with E-state index in [1.165, 1.54) is 0 Å². The first-order valence-electron chi connectivity index (χ1n) is 16.8. The van der Waals surface area contributed by atoms with E-state index in [0.29, 0.717) is 5.56 Å². The number of aromatic nitrogens is 4. The highest BCUT2D eigenvalue weighted by atomic mass is 16.4. The lowest BCUT2D eigenvalue weighted by molar-refractivity contribution is -0.134. The second-order valence-electron chi connectivity index (χ2n) is 13.1. The van der Waals surface area contributed by atoms with Gasteiger partial charge in [0.05, 0.1) is 17.2 Å². The van der Waals surface area contributed by atoms with Crippen molar-refractivity contribution < 1.29 is 48.9 Å². The Bertz CT molecular complexity index is 1770. The van der Waals surface area contributed by atoms with Crippen molar-refractivity contribution >= 4 is 47.2 Å². The normalized spacial score (nSPS) is 13.9. The number of hydrogen-bond acceptors (Lipinski definition) is 12. The first-order chi connectivity index (χ1) is 25.5. The summed E-state index contributed by atoms with van der Waals surface area (Å²) in [7, 11) is 0. The minimum Gasteiger partial charge on any atom is -0.478 e. The molecule has 0 saturated heterocycles. The first kappa shape index (κ1) is 42.1. The molecule has 2 aromatic carbocycles. The summed E-state index contributed by atoms with van der Waals surface area (Å²) in [5.74, 6) is -7.78. The van der Waals surface area contributed by atoms with Crippen LogP contribution in [-0.4, -0.2) is 114 Å². The van der Waals surface area contributed by atoms with E-state index in [1.807, 2.05) is 0 Å². The summed E-state index contributed by atoms with van der Waals surface area (Å²) >= 11 is 0. The minimum atomic E-state index is -1.95. The van der Waals surface area contributed by atoms with Gasteiger partial charge in [-0.05, 0) is 58.9 Å². The van der Waals surface area contributed by atoms with Crippen LogP contribution in [0.25, 0.3) is 0 Å². The number of rotatable bonds is 19. The lowest BCUT2D eigenvalue weighted by Gasteiger charge is -2.29. The van der Waals surface area contributed by atoms with Crippen molar-refractivity contribution in [3.05, 3.63) is 71.0 Å². The zero-order valence-electron chi connectivity index (χ0n) is 29.9. The van der Waals surface area contributed by atoms with Gasteiger partial charge in [0.15, 0.2) is 6.10 Å². The number of nitrogens with two attached hydrogens (primary N) is 1. The molecule has 1 heterocycles. The number of carboxylic acids is 2. The molecular formula is C34H44N10O10. The summed E-state index contributed by atoms with van der Waals surface area (Å²) in [5, 5.41) is 55.0. The molecule has 0 aliphatic rings. The lowest BCUT2D eigenvalue weighted by Crippen LogP contribution is -2.60. The highest BCUT2D eigenvalue weighted by Crippen LogP contribution is 2.18. The standard InChI is InChI=1S/C34H44N10O10/c1-16(2)10-24(39-30(48)25(17(3)4)40-28(46)22(35)15-36-32(50)27-41-43-44-42-27)29(47)38-23(11-18-8-6-5-7-9-18)26(45)31(49)37-21-13-19(33(51)52)12-20(14-21)34(53)54/h5-9,12-14,16-17,22-26,45H,10-11,15,35H2,1-4H3,(H,36,50)(H,37,49)(H,38,47)(H,39,48)(H,40,46)(H,51,52)(H,53,54)(H,41,42,43,44)/t22-,23-,24-,25-,26+/m0/s1. The number of amides is 5. The molecule has 0 radical (unpaired) electrons. The van der Waals surface area contributed by atoms with Crippen LogP contribution in [0.15, 0.2) is 48.5 Å². The van der Waals surface area contributed by atoms with E-state index in [1.54, 1.807) is 58.0 Å². The molecular weight excluding hydrogens is 708 g/mol. The lowest BCUT2D eigenvalue weighted by atomic mass is 9.97. The Morgan fingerprint density at radius 1 is 0.815 bits per heavy atom. The van der Waals surface area contributed by atoms with Crippen molar-refractivity contribution in [2.24, 2.45) is 17.6 Å². The predicted molar refractivity (Wildman–Crippen MR) is 190 cm³/mol. The third kappa shape index (κ3) is 12.4. The van der Waals surface area contributed by atoms with Gasteiger partial charge in [-0.2, -0.15) is 0 Å². The fourth-order valence-corrected chi connectivity index (χ4v) is 5.13. The van der Waals surface area contributed by atoms with Crippen LogP contribution < -0.4 is 32.3 Å². The number of H-pyrrole nitrogens is 1. The number of carboxylic acid groups (broad SMARTS) is 2. The Hall–Kier alpha value is -6.28. The SMILES string of the molecule is CC(C)C[C@H](NC(=O)[C@@H](NC(=O)[C@@H](N)CNC(=O)c1nnn[nH]1)C(C)C)C(=O)N[C@@H](Cc1ccccc1)[C@@H](O)C(=O)Nc1cc(C(=O)O)cc(C(=O)O)c1. The third-order valence-electron chi connectivity index (χ3n) is 7.94. The minimum absolute atomic E-state index is 0.0644. The monoisotopic (exact) mass is 752 g/mol. The van der Waals surface area contributed by atoms with E-state index in [2.05, 4.69) is 47.2 Å². The molecule has 20 heteroatoms. The summed E-state index contributed by atoms with van der Waals surface area (Å²) in [4.78, 5) is 88.9. The quantitative estimate of drug-likeness (QED) is 0.0706. The Labute approximate surface area is 309 Å². The molecule has 5 atom stereocenters. The number of aromatic carboxylic acids is 2. The maximum absolute atomic E-state index is 13.8. The fourth-order valence-electron chi connectivity index (χ4n) is 5.13. The number of benzene rings is 2. The van der Waals surface area contributed by atoms with Gasteiger partial charge in [-0.25, -0.2) is 14.7 Å². The van der Waals surface area contributed by atoms with Crippen molar-refractivity contribution in [3.8, 4) is 0 Å².